The van der Waals surface area contributed by atoms with Crippen LogP contribution in [0.1, 0.15) is 44.4 Å². The minimum Gasteiger partial charge on any atom is -0.468 e. The van der Waals surface area contributed by atoms with Crippen LogP contribution in [0.5, 0.6) is 0 Å². The average Bonchev–Trinajstić information content (AvgIpc) is 2.96. The summed E-state index contributed by atoms with van der Waals surface area (Å²) in [6.07, 6.45) is 7.47. The van der Waals surface area contributed by atoms with Gasteiger partial charge in [-0.3, -0.25) is 0 Å². The predicted octanol–water partition coefficient (Wildman–Crippen LogP) is 3.61. The average molecular weight is 239 g/mol. The van der Waals surface area contributed by atoms with Crippen LogP contribution in [0, 0.1) is 0 Å². The lowest BCUT2D eigenvalue weighted by Gasteiger charge is -2.12. The van der Waals surface area contributed by atoms with Gasteiger partial charge < -0.3 is 9.73 Å². The van der Waals surface area contributed by atoms with Gasteiger partial charge in [0.05, 0.1) is 12.3 Å². The molecule has 1 fully saturated rings. The van der Waals surface area contributed by atoms with Crippen LogP contribution in [0.15, 0.2) is 22.8 Å². The largest absolute Gasteiger partial charge is 0.468 e. The maximum absolute atomic E-state index is 5.36. The van der Waals surface area contributed by atoms with Crippen LogP contribution >= 0.6 is 11.8 Å². The van der Waals surface area contributed by atoms with E-state index in [1.54, 1.807) is 6.26 Å². The number of furan rings is 1. The maximum atomic E-state index is 5.36. The molecule has 0 bridgehead atoms. The normalized spacial score (nSPS) is 19.1. The van der Waals surface area contributed by atoms with Crippen molar-refractivity contribution in [3.8, 4) is 0 Å². The second-order valence-electron chi connectivity index (χ2n) is 4.47. The quantitative estimate of drug-likeness (QED) is 0.768. The molecule has 1 aromatic heterocycles. The Morgan fingerprint density at radius 2 is 2.31 bits per heavy atom. The van der Waals surface area contributed by atoms with Gasteiger partial charge >= 0.3 is 0 Å². The zero-order valence-electron chi connectivity index (χ0n) is 9.95. The van der Waals surface area contributed by atoms with Crippen molar-refractivity contribution in [1.82, 2.24) is 5.32 Å². The first-order valence-corrected chi connectivity index (χ1v) is 7.29. The summed E-state index contributed by atoms with van der Waals surface area (Å²) < 4.78 is 5.36. The van der Waals surface area contributed by atoms with E-state index >= 15 is 0 Å². The molecule has 0 aromatic carbocycles. The standard InChI is InChI=1S/C13H21NOS/c1-11(13-7-4-9-15-13)14-8-10-16-12-5-2-3-6-12/h4,7,9,11-12,14H,2-3,5-6,8,10H2,1H3. The molecule has 1 aliphatic rings. The van der Waals surface area contributed by atoms with Crippen molar-refractivity contribution in [2.45, 2.75) is 43.9 Å². The minimum atomic E-state index is 0.333. The zero-order valence-corrected chi connectivity index (χ0v) is 10.8. The van der Waals surface area contributed by atoms with Crippen LogP contribution in [0.25, 0.3) is 0 Å². The van der Waals surface area contributed by atoms with Crippen molar-refractivity contribution in [1.29, 1.82) is 0 Å². The van der Waals surface area contributed by atoms with E-state index in [1.165, 1.54) is 31.4 Å². The third-order valence-corrected chi connectivity index (χ3v) is 4.56. The van der Waals surface area contributed by atoms with E-state index in [2.05, 4.69) is 24.0 Å². The van der Waals surface area contributed by atoms with Crippen molar-refractivity contribution >= 4 is 11.8 Å². The van der Waals surface area contributed by atoms with Crippen LogP contribution in [0.3, 0.4) is 0 Å². The number of thioether (sulfide) groups is 1. The topological polar surface area (TPSA) is 25.2 Å². The molecular formula is C13H21NOS. The highest BCUT2D eigenvalue weighted by Gasteiger charge is 2.15. The highest BCUT2D eigenvalue weighted by Crippen LogP contribution is 2.29. The molecule has 1 aromatic rings. The van der Waals surface area contributed by atoms with Crippen LogP contribution in [0.4, 0.5) is 0 Å². The Kier molecular flexibility index (Phi) is 4.79. The molecule has 1 saturated carbocycles. The number of hydrogen-bond acceptors (Lipinski definition) is 3. The summed E-state index contributed by atoms with van der Waals surface area (Å²) in [4.78, 5) is 0. The third kappa shape index (κ3) is 3.56. The number of nitrogens with one attached hydrogen (secondary N) is 1. The summed E-state index contributed by atoms with van der Waals surface area (Å²) in [5.41, 5.74) is 0. The van der Waals surface area contributed by atoms with E-state index in [0.29, 0.717) is 6.04 Å². The van der Waals surface area contributed by atoms with Crippen LogP contribution in [-0.4, -0.2) is 17.5 Å². The van der Waals surface area contributed by atoms with Crippen molar-refractivity contribution in [2.75, 3.05) is 12.3 Å². The molecule has 0 radical (unpaired) electrons. The first-order valence-electron chi connectivity index (χ1n) is 6.24. The van der Waals surface area contributed by atoms with Gasteiger partial charge in [-0.15, -0.1) is 0 Å². The molecule has 1 heterocycles. The Morgan fingerprint density at radius 3 is 3.00 bits per heavy atom. The van der Waals surface area contributed by atoms with Crippen molar-refractivity contribution < 1.29 is 4.42 Å². The molecule has 16 heavy (non-hydrogen) atoms. The fourth-order valence-electron chi connectivity index (χ4n) is 2.19. The van der Waals surface area contributed by atoms with Gasteiger partial charge in [0.15, 0.2) is 0 Å². The van der Waals surface area contributed by atoms with E-state index in [9.17, 15) is 0 Å². The summed E-state index contributed by atoms with van der Waals surface area (Å²) in [5, 5.41) is 4.43. The lowest BCUT2D eigenvalue weighted by molar-refractivity contribution is 0.438. The fraction of sp³-hybridized carbons (Fsp3) is 0.692. The number of rotatable bonds is 6. The van der Waals surface area contributed by atoms with Gasteiger partial charge in [-0.1, -0.05) is 12.8 Å². The molecule has 0 spiro atoms. The van der Waals surface area contributed by atoms with Gasteiger partial charge in [0.1, 0.15) is 5.76 Å². The molecule has 1 N–H and O–H groups in total. The molecule has 1 aliphatic carbocycles. The van der Waals surface area contributed by atoms with Crippen LogP contribution in [-0.2, 0) is 0 Å². The number of hydrogen-bond donors (Lipinski definition) is 1. The molecule has 2 nitrogen and oxygen atoms in total. The lowest BCUT2D eigenvalue weighted by atomic mass is 10.2. The fourth-order valence-corrected chi connectivity index (χ4v) is 3.43. The van der Waals surface area contributed by atoms with Gasteiger partial charge in [0.2, 0.25) is 0 Å². The summed E-state index contributed by atoms with van der Waals surface area (Å²) in [7, 11) is 0. The molecule has 1 atom stereocenters. The summed E-state index contributed by atoms with van der Waals surface area (Å²) in [6.45, 7) is 3.22. The molecule has 1 unspecified atom stereocenters. The Hall–Kier alpha value is -0.410. The van der Waals surface area contributed by atoms with E-state index in [0.717, 1.165) is 17.6 Å². The second-order valence-corrected chi connectivity index (χ2v) is 5.88. The van der Waals surface area contributed by atoms with Crippen LogP contribution in [0.2, 0.25) is 0 Å². The minimum absolute atomic E-state index is 0.333. The molecular weight excluding hydrogens is 218 g/mol. The smallest absolute Gasteiger partial charge is 0.120 e. The third-order valence-electron chi connectivity index (χ3n) is 3.18. The van der Waals surface area contributed by atoms with E-state index in [-0.39, 0.29) is 0 Å². The Bertz CT molecular complexity index is 280. The Balaban J connectivity index is 1.57. The molecule has 0 saturated heterocycles. The summed E-state index contributed by atoms with van der Waals surface area (Å²) in [5.74, 6) is 2.25. The molecule has 0 aliphatic heterocycles. The van der Waals surface area contributed by atoms with Crippen molar-refractivity contribution in [2.24, 2.45) is 0 Å². The highest BCUT2D eigenvalue weighted by molar-refractivity contribution is 7.99. The molecule has 2 rings (SSSR count). The zero-order chi connectivity index (χ0) is 11.2. The Labute approximate surface area is 102 Å². The first-order chi connectivity index (χ1) is 7.86. The van der Waals surface area contributed by atoms with Crippen molar-refractivity contribution in [3.05, 3.63) is 24.2 Å². The van der Waals surface area contributed by atoms with Gasteiger partial charge in [-0.2, -0.15) is 11.8 Å². The predicted molar refractivity (Wildman–Crippen MR) is 69.8 cm³/mol. The SMILES string of the molecule is CC(NCCSC1CCCC1)c1ccco1. The van der Waals surface area contributed by atoms with Crippen molar-refractivity contribution in [3.63, 3.8) is 0 Å². The lowest BCUT2D eigenvalue weighted by Crippen LogP contribution is -2.21. The highest BCUT2D eigenvalue weighted by atomic mass is 32.2. The first kappa shape index (κ1) is 12.1. The summed E-state index contributed by atoms with van der Waals surface area (Å²) in [6, 6.07) is 4.31. The maximum Gasteiger partial charge on any atom is 0.120 e. The van der Waals surface area contributed by atoms with Gasteiger partial charge in [0, 0.05) is 17.5 Å². The second kappa shape index (κ2) is 6.36. The van der Waals surface area contributed by atoms with Crippen LogP contribution < -0.4 is 5.32 Å². The van der Waals surface area contributed by atoms with E-state index in [1.807, 2.05) is 12.1 Å². The monoisotopic (exact) mass is 239 g/mol. The molecule has 0 amide bonds. The van der Waals surface area contributed by atoms with Gasteiger partial charge in [0.25, 0.3) is 0 Å². The van der Waals surface area contributed by atoms with E-state index < -0.39 is 0 Å². The molecule has 90 valence electrons. The molecule has 3 heteroatoms. The van der Waals surface area contributed by atoms with Gasteiger partial charge in [-0.25, -0.2) is 0 Å². The Morgan fingerprint density at radius 1 is 1.50 bits per heavy atom. The van der Waals surface area contributed by atoms with E-state index in [4.69, 9.17) is 4.42 Å². The summed E-state index contributed by atoms with van der Waals surface area (Å²) >= 11 is 2.13. The van der Waals surface area contributed by atoms with Gasteiger partial charge in [-0.05, 0) is 31.9 Å².